The van der Waals surface area contributed by atoms with Crippen LogP contribution in [0.3, 0.4) is 0 Å². The van der Waals surface area contributed by atoms with E-state index < -0.39 is 11.4 Å². The Kier molecular flexibility index (Phi) is 7.67. The summed E-state index contributed by atoms with van der Waals surface area (Å²) in [6, 6.07) is 1.37. The summed E-state index contributed by atoms with van der Waals surface area (Å²) < 4.78 is 20.4. The molecule has 4 rings (SSSR count). The number of ether oxygens (including phenoxy) is 1. The normalized spacial score (nSPS) is 16.8. The molecule has 1 aliphatic rings. The Morgan fingerprint density at radius 3 is 2.59 bits per heavy atom. The average Bonchev–Trinajstić information content (AvgIpc) is 3.17. The number of halogens is 2. The van der Waals surface area contributed by atoms with E-state index in [1.54, 1.807) is 13.8 Å². The van der Waals surface area contributed by atoms with Gasteiger partial charge in [-0.3, -0.25) is 0 Å². The first-order valence-electron chi connectivity index (χ1n) is 10.4. The van der Waals surface area contributed by atoms with Crippen molar-refractivity contribution in [1.29, 1.82) is 0 Å². The molecule has 1 fully saturated rings. The number of nitrogen functional groups attached to an aromatic ring is 1. The number of hydrogen-bond donors (Lipinski definition) is 3. The van der Waals surface area contributed by atoms with Crippen molar-refractivity contribution >= 4 is 39.1 Å². The largest absolute Gasteiger partial charge is 0.391 e. The van der Waals surface area contributed by atoms with Crippen molar-refractivity contribution in [2.75, 3.05) is 18.9 Å². The van der Waals surface area contributed by atoms with Crippen molar-refractivity contribution in [2.24, 2.45) is 0 Å². The minimum Gasteiger partial charge on any atom is -0.391 e. The van der Waals surface area contributed by atoms with Crippen LogP contribution in [0.15, 0.2) is 12.3 Å². The van der Waals surface area contributed by atoms with Gasteiger partial charge in [0.05, 0.1) is 34.3 Å². The maximum Gasteiger partial charge on any atom is 0.220 e. The predicted molar refractivity (Wildman–Crippen MR) is 125 cm³/mol. The van der Waals surface area contributed by atoms with Gasteiger partial charge in [0.25, 0.3) is 0 Å². The van der Waals surface area contributed by atoms with E-state index in [-0.39, 0.29) is 23.5 Å². The standard InChI is InChI=1S/C17H18ClFN4OS.C5H10O2/c1-7(2)11-8(12-9(18)6-21-16(20)23-12)5-10(19)13-14(11)25-15(22-13)17(3,4)24;6-5-2-1-3-7-4-5/h5-7,24H,1-4H3,(H2,20,21,23);5-6H,1-4H2. The second-order valence-electron chi connectivity index (χ2n) is 8.53. The number of aliphatic hydroxyl groups excluding tert-OH is 1. The van der Waals surface area contributed by atoms with Crippen LogP contribution in [0.25, 0.3) is 21.5 Å². The van der Waals surface area contributed by atoms with Gasteiger partial charge in [-0.15, -0.1) is 11.3 Å². The van der Waals surface area contributed by atoms with Gasteiger partial charge in [-0.1, -0.05) is 25.4 Å². The van der Waals surface area contributed by atoms with Crippen molar-refractivity contribution in [3.05, 3.63) is 33.7 Å². The number of fused-ring (bicyclic) bond motifs is 1. The molecule has 0 bridgehead atoms. The van der Waals surface area contributed by atoms with E-state index in [2.05, 4.69) is 15.0 Å². The van der Waals surface area contributed by atoms with Gasteiger partial charge in [0.15, 0.2) is 5.82 Å². The average molecular weight is 483 g/mol. The van der Waals surface area contributed by atoms with E-state index in [9.17, 15) is 9.50 Å². The summed E-state index contributed by atoms with van der Waals surface area (Å²) in [5, 5.41) is 19.8. The van der Waals surface area contributed by atoms with Gasteiger partial charge in [0.2, 0.25) is 5.95 Å². The summed E-state index contributed by atoms with van der Waals surface area (Å²) in [5.74, 6) is -0.369. The van der Waals surface area contributed by atoms with Gasteiger partial charge >= 0.3 is 0 Å². The first-order valence-corrected chi connectivity index (χ1v) is 11.6. The summed E-state index contributed by atoms with van der Waals surface area (Å²) >= 11 is 7.51. The van der Waals surface area contributed by atoms with E-state index in [1.165, 1.54) is 23.6 Å². The van der Waals surface area contributed by atoms with Gasteiger partial charge in [-0.05, 0) is 44.2 Å². The van der Waals surface area contributed by atoms with Crippen LogP contribution in [0.5, 0.6) is 0 Å². The third kappa shape index (κ3) is 5.52. The van der Waals surface area contributed by atoms with Crippen LogP contribution in [0.4, 0.5) is 10.3 Å². The number of rotatable bonds is 3. The smallest absolute Gasteiger partial charge is 0.220 e. The van der Waals surface area contributed by atoms with Crippen molar-refractivity contribution < 1.29 is 19.3 Å². The number of nitrogens with two attached hydrogens (primary N) is 1. The highest BCUT2D eigenvalue weighted by Gasteiger charge is 2.27. The highest BCUT2D eigenvalue weighted by atomic mass is 35.5. The zero-order chi connectivity index (χ0) is 23.6. The molecule has 1 unspecified atom stereocenters. The van der Waals surface area contributed by atoms with Gasteiger partial charge in [-0.25, -0.2) is 19.3 Å². The molecule has 0 radical (unpaired) electrons. The molecule has 0 spiro atoms. The molecule has 7 nitrogen and oxygen atoms in total. The van der Waals surface area contributed by atoms with E-state index in [4.69, 9.17) is 27.2 Å². The van der Waals surface area contributed by atoms with Gasteiger partial charge in [0, 0.05) is 12.2 Å². The fourth-order valence-electron chi connectivity index (χ4n) is 3.38. The Morgan fingerprint density at radius 2 is 2.06 bits per heavy atom. The zero-order valence-electron chi connectivity index (χ0n) is 18.5. The van der Waals surface area contributed by atoms with Crippen molar-refractivity contribution in [3.63, 3.8) is 0 Å². The molecule has 1 saturated heterocycles. The fraction of sp³-hybridized carbons (Fsp3) is 0.500. The van der Waals surface area contributed by atoms with Crippen LogP contribution in [-0.4, -0.2) is 44.5 Å². The third-order valence-electron chi connectivity index (χ3n) is 4.91. The van der Waals surface area contributed by atoms with E-state index in [0.717, 1.165) is 25.0 Å². The molecular formula is C22H28ClFN4O3S. The Labute approximate surface area is 195 Å². The van der Waals surface area contributed by atoms with Crippen molar-refractivity contribution in [3.8, 4) is 11.3 Å². The topological polar surface area (TPSA) is 114 Å². The Bertz CT molecular complexity index is 1090. The minimum absolute atomic E-state index is 0.0560. The fourth-order valence-corrected chi connectivity index (χ4v) is 4.85. The molecular weight excluding hydrogens is 455 g/mol. The second kappa shape index (κ2) is 9.93. The number of nitrogens with zero attached hydrogens (tertiary/aromatic N) is 3. The van der Waals surface area contributed by atoms with E-state index in [0.29, 0.717) is 32.6 Å². The van der Waals surface area contributed by atoms with Crippen molar-refractivity contribution in [1.82, 2.24) is 15.0 Å². The quantitative estimate of drug-likeness (QED) is 0.498. The molecule has 10 heteroatoms. The van der Waals surface area contributed by atoms with Gasteiger partial charge in [0.1, 0.15) is 16.1 Å². The lowest BCUT2D eigenvalue weighted by molar-refractivity contribution is -0.00535. The summed E-state index contributed by atoms with van der Waals surface area (Å²) in [6.07, 6.45) is 3.15. The molecule has 4 N–H and O–H groups in total. The maximum atomic E-state index is 14.8. The molecule has 1 aliphatic heterocycles. The number of anilines is 1. The first-order chi connectivity index (χ1) is 15.0. The second-order valence-corrected chi connectivity index (χ2v) is 9.93. The molecule has 3 heterocycles. The van der Waals surface area contributed by atoms with Crippen LogP contribution in [-0.2, 0) is 10.3 Å². The Balaban J connectivity index is 0.000000352. The maximum absolute atomic E-state index is 14.8. The number of thiazole rings is 1. The zero-order valence-corrected chi connectivity index (χ0v) is 20.1. The van der Waals surface area contributed by atoms with Crippen LogP contribution < -0.4 is 5.73 Å². The molecule has 2 aromatic heterocycles. The molecule has 0 amide bonds. The van der Waals surface area contributed by atoms with Gasteiger partial charge in [-0.2, -0.15) is 0 Å². The molecule has 1 aromatic carbocycles. The number of hydrogen-bond acceptors (Lipinski definition) is 8. The number of aliphatic hydroxyl groups is 2. The SMILES string of the molecule is CC(C)c1c(-c2nc(N)ncc2Cl)cc(F)c2nc(C(C)(C)O)sc12.OC1CCCOC1. The lowest BCUT2D eigenvalue weighted by atomic mass is 9.94. The Morgan fingerprint density at radius 1 is 1.34 bits per heavy atom. The monoisotopic (exact) mass is 482 g/mol. The molecule has 3 aromatic rings. The minimum atomic E-state index is -1.15. The van der Waals surface area contributed by atoms with Crippen LogP contribution in [0, 0.1) is 5.82 Å². The molecule has 1 atom stereocenters. The van der Waals surface area contributed by atoms with Crippen LogP contribution in [0.2, 0.25) is 5.02 Å². The first kappa shape index (κ1) is 24.7. The Hall–Kier alpha value is -1.91. The molecule has 32 heavy (non-hydrogen) atoms. The lowest BCUT2D eigenvalue weighted by Gasteiger charge is -2.15. The van der Waals surface area contributed by atoms with Gasteiger partial charge < -0.3 is 20.7 Å². The third-order valence-corrected chi connectivity index (χ3v) is 6.59. The summed E-state index contributed by atoms with van der Waals surface area (Å²) in [7, 11) is 0. The molecule has 0 saturated carbocycles. The molecule has 174 valence electrons. The predicted octanol–water partition coefficient (Wildman–Crippen LogP) is 4.64. The number of benzene rings is 1. The number of aromatic nitrogens is 3. The summed E-state index contributed by atoms with van der Waals surface area (Å²) in [4.78, 5) is 12.4. The summed E-state index contributed by atoms with van der Waals surface area (Å²) in [6.45, 7) is 8.62. The van der Waals surface area contributed by atoms with E-state index in [1.807, 2.05) is 13.8 Å². The van der Waals surface area contributed by atoms with Crippen LogP contribution in [0.1, 0.15) is 57.0 Å². The van der Waals surface area contributed by atoms with Crippen LogP contribution >= 0.6 is 22.9 Å². The highest BCUT2D eigenvalue weighted by Crippen LogP contribution is 2.42. The van der Waals surface area contributed by atoms with E-state index >= 15 is 0 Å². The lowest BCUT2D eigenvalue weighted by Crippen LogP contribution is -2.21. The molecule has 0 aliphatic carbocycles. The summed E-state index contributed by atoms with van der Waals surface area (Å²) in [5.41, 5.74) is 6.59. The van der Waals surface area contributed by atoms with Crippen molar-refractivity contribution in [2.45, 2.75) is 58.2 Å². The highest BCUT2D eigenvalue weighted by molar-refractivity contribution is 7.19.